The molecule has 15 heteroatoms. The lowest BCUT2D eigenvalue weighted by molar-refractivity contribution is -0.136. The van der Waals surface area contributed by atoms with Crippen molar-refractivity contribution in [2.75, 3.05) is 71.9 Å². The number of carbonyl (C=O) groups excluding carboxylic acids is 2. The average Bonchev–Trinajstić information content (AvgIpc) is 3.63. The molecule has 59 heavy (non-hydrogen) atoms. The van der Waals surface area contributed by atoms with E-state index in [0.717, 1.165) is 33.6 Å². The van der Waals surface area contributed by atoms with E-state index in [1.807, 2.05) is 53.1 Å². The summed E-state index contributed by atoms with van der Waals surface area (Å²) >= 11 is 0. The highest BCUT2D eigenvalue weighted by molar-refractivity contribution is 5.92. The zero-order valence-corrected chi connectivity index (χ0v) is 35.1. The smallest absolute Gasteiger partial charge is 0.408 e. The van der Waals surface area contributed by atoms with Crippen LogP contribution in [-0.2, 0) is 27.4 Å². The molecule has 1 unspecified atom stereocenters. The molecule has 0 aliphatic carbocycles. The first kappa shape index (κ1) is 42.5. The molecule has 314 valence electrons. The number of piperidine rings is 1. The molecule has 2 N–H and O–H groups in total. The topological polar surface area (TPSA) is 142 Å². The van der Waals surface area contributed by atoms with Gasteiger partial charge in [-0.3, -0.25) is 4.79 Å². The second-order valence-corrected chi connectivity index (χ2v) is 15.7. The molecule has 1 saturated heterocycles. The Hall–Kier alpha value is -6.09. The summed E-state index contributed by atoms with van der Waals surface area (Å²) in [7, 11) is 8.15. The van der Waals surface area contributed by atoms with Crippen LogP contribution in [0.25, 0.3) is 22.2 Å². The van der Waals surface area contributed by atoms with Gasteiger partial charge in [-0.25, -0.2) is 19.2 Å². The van der Waals surface area contributed by atoms with Gasteiger partial charge in [0.15, 0.2) is 23.1 Å². The number of anilines is 2. The van der Waals surface area contributed by atoms with Crippen LogP contribution in [0.1, 0.15) is 44.7 Å². The van der Waals surface area contributed by atoms with Crippen LogP contribution in [0, 0.1) is 5.82 Å². The van der Waals surface area contributed by atoms with Crippen molar-refractivity contribution in [2.24, 2.45) is 0 Å². The number of nitrogens with one attached hydrogen (secondary N) is 2. The standard InChI is InChI=1S/C44H54FN7O7/c1-43(2,3)59-42(54)49-44(41(53)50(4)5)18-9-19-51(27-44)35-16-12-30(31-13-17-36(34(45)23-31)58-21-20-55-6)22-32(35)26-52-28-48-38-39(52)37(57-8)25-47-40(38)46-24-29-10-14-33(56-7)15-11-29/h10-17,22-23,25,28H,9,18-21,24,26-27H2,1-8H3,(H,46,47)(H,49,54). The fraction of sp³-hybridized carbons (Fsp3) is 0.409. The Kier molecular flexibility index (Phi) is 13.1. The van der Waals surface area contributed by atoms with Gasteiger partial charge in [0.1, 0.15) is 34.5 Å². The Bertz CT molecular complexity index is 2260. The van der Waals surface area contributed by atoms with Gasteiger partial charge in [-0.15, -0.1) is 0 Å². The number of imidazole rings is 1. The summed E-state index contributed by atoms with van der Waals surface area (Å²) in [4.78, 5) is 40.3. The number of methoxy groups -OCH3 is 3. The monoisotopic (exact) mass is 811 g/mol. The van der Waals surface area contributed by atoms with E-state index in [1.54, 1.807) is 74.8 Å². The van der Waals surface area contributed by atoms with Crippen molar-refractivity contribution in [2.45, 2.75) is 57.8 Å². The van der Waals surface area contributed by atoms with Crippen LogP contribution in [0.15, 0.2) is 73.2 Å². The number of halogens is 1. The van der Waals surface area contributed by atoms with Crippen LogP contribution in [0.4, 0.5) is 20.7 Å². The van der Waals surface area contributed by atoms with E-state index in [0.29, 0.717) is 61.7 Å². The predicted molar refractivity (Wildman–Crippen MR) is 225 cm³/mol. The number of benzene rings is 3. The van der Waals surface area contributed by atoms with Crippen molar-refractivity contribution in [3.63, 3.8) is 0 Å². The molecular formula is C44H54FN7O7. The van der Waals surface area contributed by atoms with Crippen LogP contribution in [0.3, 0.4) is 0 Å². The molecule has 1 fully saturated rings. The molecule has 0 saturated carbocycles. The molecule has 0 bridgehead atoms. The minimum atomic E-state index is -1.26. The van der Waals surface area contributed by atoms with Gasteiger partial charge in [0.2, 0.25) is 5.91 Å². The number of aromatic nitrogens is 3. The van der Waals surface area contributed by atoms with Crippen LogP contribution in [0.2, 0.25) is 0 Å². The third-order valence-electron chi connectivity index (χ3n) is 10.1. The van der Waals surface area contributed by atoms with E-state index >= 15 is 4.39 Å². The summed E-state index contributed by atoms with van der Waals surface area (Å²) < 4.78 is 44.8. The first-order valence-electron chi connectivity index (χ1n) is 19.5. The largest absolute Gasteiger partial charge is 0.497 e. The lowest BCUT2D eigenvalue weighted by Gasteiger charge is -2.44. The number of alkyl carbamates (subject to hydrolysis) is 1. The van der Waals surface area contributed by atoms with Crippen molar-refractivity contribution in [1.82, 2.24) is 24.8 Å². The van der Waals surface area contributed by atoms with Gasteiger partial charge in [-0.05, 0) is 92.3 Å². The van der Waals surface area contributed by atoms with Gasteiger partial charge in [-0.2, -0.15) is 0 Å². The molecule has 3 heterocycles. The van der Waals surface area contributed by atoms with Crippen LogP contribution in [-0.4, -0.2) is 104 Å². The highest BCUT2D eigenvalue weighted by Gasteiger charge is 2.46. The quantitative estimate of drug-likeness (QED) is 0.107. The zero-order chi connectivity index (χ0) is 42.3. The van der Waals surface area contributed by atoms with Gasteiger partial charge in [0, 0.05) is 40.0 Å². The van der Waals surface area contributed by atoms with Crippen LogP contribution >= 0.6 is 0 Å². The van der Waals surface area contributed by atoms with Gasteiger partial charge in [0.05, 0.1) is 46.4 Å². The summed E-state index contributed by atoms with van der Waals surface area (Å²) in [6, 6.07) is 18.6. The highest BCUT2D eigenvalue weighted by atomic mass is 19.1. The summed E-state index contributed by atoms with van der Waals surface area (Å²) in [6.07, 6.45) is 3.79. The summed E-state index contributed by atoms with van der Waals surface area (Å²) in [5, 5.41) is 6.39. The Balaban J connectivity index is 1.40. The van der Waals surface area contributed by atoms with Crippen LogP contribution < -0.4 is 29.7 Å². The number of hydrogen-bond acceptors (Lipinski definition) is 11. The molecule has 3 aromatic carbocycles. The lowest BCUT2D eigenvalue weighted by atomic mass is 9.86. The summed E-state index contributed by atoms with van der Waals surface area (Å²) in [6.45, 7) is 7.54. The number of ether oxygens (including phenoxy) is 5. The number of carbonyl (C=O) groups is 2. The first-order valence-corrected chi connectivity index (χ1v) is 19.5. The maximum Gasteiger partial charge on any atom is 0.408 e. The molecular weight excluding hydrogens is 758 g/mol. The SMILES string of the molecule is COCCOc1ccc(-c2ccc(N3CCCC(NC(=O)OC(C)(C)C)(C(=O)N(C)C)C3)c(Cn3cnc4c(NCc5ccc(OC)cc5)ncc(OC)c43)c2)cc1F. The van der Waals surface area contributed by atoms with E-state index in [4.69, 9.17) is 28.7 Å². The molecule has 2 amide bonds. The maximum atomic E-state index is 15.4. The highest BCUT2D eigenvalue weighted by Crippen LogP contribution is 2.36. The van der Waals surface area contributed by atoms with Crippen molar-refractivity contribution in [1.29, 1.82) is 0 Å². The van der Waals surface area contributed by atoms with Crippen molar-refractivity contribution in [3.8, 4) is 28.4 Å². The molecule has 0 spiro atoms. The Labute approximate surface area is 344 Å². The Morgan fingerprint density at radius 2 is 1.68 bits per heavy atom. The van der Waals surface area contributed by atoms with E-state index in [1.165, 1.54) is 11.0 Å². The lowest BCUT2D eigenvalue weighted by Crippen LogP contribution is -2.66. The minimum absolute atomic E-state index is 0.136. The number of likely N-dealkylation sites (N-methyl/N-ethyl adjacent to an activating group) is 1. The van der Waals surface area contributed by atoms with Gasteiger partial charge in [-0.1, -0.05) is 24.3 Å². The minimum Gasteiger partial charge on any atom is -0.497 e. The molecule has 1 aliphatic heterocycles. The predicted octanol–water partition coefficient (Wildman–Crippen LogP) is 6.89. The second-order valence-electron chi connectivity index (χ2n) is 15.7. The van der Waals surface area contributed by atoms with Gasteiger partial charge < -0.3 is 48.7 Å². The summed E-state index contributed by atoms with van der Waals surface area (Å²) in [5.74, 6) is 1.30. The van der Waals surface area contributed by atoms with E-state index < -0.39 is 23.1 Å². The van der Waals surface area contributed by atoms with E-state index in [-0.39, 0.29) is 24.8 Å². The zero-order valence-electron chi connectivity index (χ0n) is 35.1. The Morgan fingerprint density at radius 1 is 0.932 bits per heavy atom. The molecule has 2 aromatic heterocycles. The fourth-order valence-corrected chi connectivity index (χ4v) is 7.32. The van der Waals surface area contributed by atoms with Crippen molar-refractivity contribution in [3.05, 3.63) is 90.1 Å². The fourth-order valence-electron chi connectivity index (χ4n) is 7.32. The molecule has 1 aliphatic rings. The van der Waals surface area contributed by atoms with Crippen molar-refractivity contribution >= 4 is 34.5 Å². The molecule has 5 aromatic rings. The normalized spacial score (nSPS) is 15.4. The van der Waals surface area contributed by atoms with Gasteiger partial charge >= 0.3 is 6.09 Å². The van der Waals surface area contributed by atoms with E-state index in [9.17, 15) is 9.59 Å². The number of nitrogens with zero attached hydrogens (tertiary/aromatic N) is 5. The van der Waals surface area contributed by atoms with Gasteiger partial charge in [0.25, 0.3) is 0 Å². The van der Waals surface area contributed by atoms with Crippen molar-refractivity contribution < 1.29 is 37.7 Å². The molecule has 0 radical (unpaired) electrons. The van der Waals surface area contributed by atoms with E-state index in [2.05, 4.69) is 20.5 Å². The number of pyridine rings is 1. The average molecular weight is 812 g/mol. The Morgan fingerprint density at radius 3 is 2.36 bits per heavy atom. The number of hydrogen-bond donors (Lipinski definition) is 2. The molecule has 14 nitrogen and oxygen atoms in total. The number of fused-ring (bicyclic) bond motifs is 1. The third kappa shape index (κ3) is 9.97. The number of amides is 2. The molecule has 1 atom stereocenters. The van der Waals surface area contributed by atoms with Crippen LogP contribution in [0.5, 0.6) is 17.2 Å². The summed E-state index contributed by atoms with van der Waals surface area (Å²) in [5.41, 5.74) is 3.48. The number of rotatable bonds is 15. The first-order chi connectivity index (χ1) is 28.2. The third-order valence-corrected chi connectivity index (χ3v) is 10.1. The molecule has 6 rings (SSSR count). The second kappa shape index (κ2) is 18.2. The maximum absolute atomic E-state index is 15.4.